The molecule has 1 aromatic heterocycles. The molecule has 0 aromatic carbocycles. The van der Waals surface area contributed by atoms with Crippen LogP contribution in [-0.4, -0.2) is 16.9 Å². The van der Waals surface area contributed by atoms with Gasteiger partial charge in [0.2, 0.25) is 0 Å². The molecule has 0 atom stereocenters. The van der Waals surface area contributed by atoms with E-state index in [0.29, 0.717) is 5.92 Å². The Morgan fingerprint density at radius 1 is 1.44 bits per heavy atom. The SMILES string of the molecule is CC(C)NC(=O)c1ccc(C2CC2)[nH]c1=O. The van der Waals surface area contributed by atoms with E-state index in [1.54, 1.807) is 6.07 Å². The van der Waals surface area contributed by atoms with Crippen LogP contribution in [-0.2, 0) is 0 Å². The van der Waals surface area contributed by atoms with E-state index >= 15 is 0 Å². The Morgan fingerprint density at radius 2 is 2.12 bits per heavy atom. The van der Waals surface area contributed by atoms with E-state index in [2.05, 4.69) is 10.3 Å². The highest BCUT2D eigenvalue weighted by Gasteiger charge is 2.25. The average Bonchev–Trinajstić information content (AvgIpc) is 2.99. The number of hydrogen-bond donors (Lipinski definition) is 2. The van der Waals surface area contributed by atoms with Gasteiger partial charge in [0.15, 0.2) is 0 Å². The molecular weight excluding hydrogens is 204 g/mol. The summed E-state index contributed by atoms with van der Waals surface area (Å²) in [4.78, 5) is 26.1. The van der Waals surface area contributed by atoms with Crippen LogP contribution in [0, 0.1) is 0 Å². The van der Waals surface area contributed by atoms with Crippen molar-refractivity contribution < 1.29 is 4.79 Å². The van der Waals surface area contributed by atoms with Crippen LogP contribution < -0.4 is 10.9 Å². The first-order valence-electron chi connectivity index (χ1n) is 5.62. The zero-order valence-electron chi connectivity index (χ0n) is 9.54. The number of amides is 1. The minimum absolute atomic E-state index is 0.0370. The summed E-state index contributed by atoms with van der Waals surface area (Å²) >= 11 is 0. The molecule has 16 heavy (non-hydrogen) atoms. The summed E-state index contributed by atoms with van der Waals surface area (Å²) < 4.78 is 0. The predicted octanol–water partition coefficient (Wildman–Crippen LogP) is 1.39. The van der Waals surface area contributed by atoms with E-state index in [1.165, 1.54) is 0 Å². The van der Waals surface area contributed by atoms with Crippen LogP contribution in [0.3, 0.4) is 0 Å². The summed E-state index contributed by atoms with van der Waals surface area (Å²) in [6.45, 7) is 3.73. The first kappa shape index (κ1) is 10.9. The van der Waals surface area contributed by atoms with Crippen molar-refractivity contribution in [3.63, 3.8) is 0 Å². The van der Waals surface area contributed by atoms with Crippen molar-refractivity contribution in [3.05, 3.63) is 33.7 Å². The second-order valence-corrected chi connectivity index (χ2v) is 4.56. The molecule has 0 aliphatic heterocycles. The minimum atomic E-state index is -0.307. The van der Waals surface area contributed by atoms with Gasteiger partial charge in [0.25, 0.3) is 11.5 Å². The van der Waals surface area contributed by atoms with Gasteiger partial charge in [-0.15, -0.1) is 0 Å². The summed E-state index contributed by atoms with van der Waals surface area (Å²) in [7, 11) is 0. The van der Waals surface area contributed by atoms with E-state index in [9.17, 15) is 9.59 Å². The van der Waals surface area contributed by atoms with E-state index in [4.69, 9.17) is 0 Å². The summed E-state index contributed by atoms with van der Waals surface area (Å²) in [6.07, 6.45) is 2.26. The first-order chi connectivity index (χ1) is 7.58. The van der Waals surface area contributed by atoms with Gasteiger partial charge >= 0.3 is 0 Å². The third kappa shape index (κ3) is 2.32. The highest BCUT2D eigenvalue weighted by atomic mass is 16.2. The number of rotatable bonds is 3. The Bertz CT molecular complexity index is 458. The van der Waals surface area contributed by atoms with Gasteiger partial charge in [-0.3, -0.25) is 9.59 Å². The molecule has 4 nitrogen and oxygen atoms in total. The Balaban J connectivity index is 2.21. The van der Waals surface area contributed by atoms with Crippen molar-refractivity contribution in [2.45, 2.75) is 38.6 Å². The molecule has 2 N–H and O–H groups in total. The molecule has 1 heterocycles. The summed E-state index contributed by atoms with van der Waals surface area (Å²) in [6, 6.07) is 3.49. The molecule has 0 unspecified atom stereocenters. The third-order valence-electron chi connectivity index (χ3n) is 2.61. The highest BCUT2D eigenvalue weighted by Crippen LogP contribution is 2.38. The lowest BCUT2D eigenvalue weighted by Gasteiger charge is -2.07. The number of aromatic amines is 1. The van der Waals surface area contributed by atoms with Crippen LogP contribution in [0.5, 0.6) is 0 Å². The van der Waals surface area contributed by atoms with Crippen molar-refractivity contribution >= 4 is 5.91 Å². The van der Waals surface area contributed by atoms with Gasteiger partial charge in [0.05, 0.1) is 0 Å². The number of carbonyl (C=O) groups is 1. The molecule has 1 aliphatic rings. The zero-order valence-corrected chi connectivity index (χ0v) is 9.54. The van der Waals surface area contributed by atoms with Gasteiger partial charge in [-0.25, -0.2) is 0 Å². The Hall–Kier alpha value is -1.58. The molecule has 2 rings (SSSR count). The van der Waals surface area contributed by atoms with Gasteiger partial charge in [-0.05, 0) is 44.7 Å². The minimum Gasteiger partial charge on any atom is -0.350 e. The summed E-state index contributed by atoms with van der Waals surface area (Å²) in [5.41, 5.74) is 0.853. The molecule has 1 fully saturated rings. The smallest absolute Gasteiger partial charge is 0.261 e. The monoisotopic (exact) mass is 220 g/mol. The second-order valence-electron chi connectivity index (χ2n) is 4.56. The van der Waals surface area contributed by atoms with Crippen LogP contribution in [0.2, 0.25) is 0 Å². The lowest BCUT2D eigenvalue weighted by atomic mass is 10.2. The second kappa shape index (κ2) is 4.12. The van der Waals surface area contributed by atoms with Crippen LogP contribution in [0.15, 0.2) is 16.9 Å². The molecule has 4 heteroatoms. The van der Waals surface area contributed by atoms with E-state index in [0.717, 1.165) is 18.5 Å². The highest BCUT2D eigenvalue weighted by molar-refractivity contribution is 5.93. The van der Waals surface area contributed by atoms with E-state index in [1.807, 2.05) is 19.9 Å². The maximum absolute atomic E-state index is 11.7. The Kier molecular flexibility index (Phi) is 2.81. The number of H-pyrrole nitrogens is 1. The van der Waals surface area contributed by atoms with Gasteiger partial charge in [0, 0.05) is 11.7 Å². The third-order valence-corrected chi connectivity index (χ3v) is 2.61. The molecule has 1 aliphatic carbocycles. The van der Waals surface area contributed by atoms with Gasteiger partial charge in [-0.1, -0.05) is 0 Å². The van der Waals surface area contributed by atoms with E-state index in [-0.39, 0.29) is 23.1 Å². The number of carbonyl (C=O) groups excluding carboxylic acids is 1. The van der Waals surface area contributed by atoms with Crippen molar-refractivity contribution in [2.75, 3.05) is 0 Å². The Labute approximate surface area is 94.1 Å². The van der Waals surface area contributed by atoms with Crippen molar-refractivity contribution in [1.29, 1.82) is 0 Å². The molecule has 1 saturated carbocycles. The number of hydrogen-bond acceptors (Lipinski definition) is 2. The average molecular weight is 220 g/mol. The molecule has 0 radical (unpaired) electrons. The lowest BCUT2D eigenvalue weighted by Crippen LogP contribution is -2.34. The topological polar surface area (TPSA) is 62.0 Å². The van der Waals surface area contributed by atoms with Crippen molar-refractivity contribution in [3.8, 4) is 0 Å². The molecular formula is C12H16N2O2. The maximum atomic E-state index is 11.7. The van der Waals surface area contributed by atoms with Crippen molar-refractivity contribution in [2.24, 2.45) is 0 Å². The van der Waals surface area contributed by atoms with Gasteiger partial charge < -0.3 is 10.3 Å². The van der Waals surface area contributed by atoms with Crippen LogP contribution in [0.4, 0.5) is 0 Å². The molecule has 1 amide bonds. The lowest BCUT2D eigenvalue weighted by molar-refractivity contribution is 0.0941. The van der Waals surface area contributed by atoms with E-state index < -0.39 is 0 Å². The van der Waals surface area contributed by atoms with Gasteiger partial charge in [-0.2, -0.15) is 0 Å². The molecule has 0 spiro atoms. The van der Waals surface area contributed by atoms with Gasteiger partial charge in [0.1, 0.15) is 5.56 Å². The fraction of sp³-hybridized carbons (Fsp3) is 0.500. The standard InChI is InChI=1S/C12H16N2O2/c1-7(2)13-11(15)9-5-6-10(8-3-4-8)14-12(9)16/h5-8H,3-4H2,1-2H3,(H,13,15)(H,14,16). The van der Waals surface area contributed by atoms with Crippen LogP contribution in [0.1, 0.15) is 48.7 Å². The first-order valence-corrected chi connectivity index (χ1v) is 5.62. The number of nitrogens with one attached hydrogen (secondary N) is 2. The zero-order chi connectivity index (χ0) is 11.7. The Morgan fingerprint density at radius 3 is 2.62 bits per heavy atom. The van der Waals surface area contributed by atoms with Crippen LogP contribution in [0.25, 0.3) is 0 Å². The molecule has 0 saturated heterocycles. The molecule has 0 bridgehead atoms. The van der Waals surface area contributed by atoms with Crippen LogP contribution >= 0.6 is 0 Å². The fourth-order valence-electron chi connectivity index (χ4n) is 1.64. The molecule has 1 aromatic rings. The summed E-state index contributed by atoms with van der Waals surface area (Å²) in [5.74, 6) is 0.188. The maximum Gasteiger partial charge on any atom is 0.261 e. The number of aromatic nitrogens is 1. The largest absolute Gasteiger partial charge is 0.350 e. The number of pyridine rings is 1. The molecule has 86 valence electrons. The quantitative estimate of drug-likeness (QED) is 0.808. The fourth-order valence-corrected chi connectivity index (χ4v) is 1.64. The summed E-state index contributed by atoms with van der Waals surface area (Å²) in [5, 5.41) is 2.71. The van der Waals surface area contributed by atoms with Crippen molar-refractivity contribution in [1.82, 2.24) is 10.3 Å². The normalized spacial score (nSPS) is 15.2. The predicted molar refractivity (Wildman–Crippen MR) is 61.6 cm³/mol.